The third kappa shape index (κ3) is 17.7. The molecule has 4 heterocycles. The van der Waals surface area contributed by atoms with Gasteiger partial charge in [0.05, 0.1) is 22.3 Å². The van der Waals surface area contributed by atoms with E-state index in [1.54, 1.807) is 24.3 Å². The van der Waals surface area contributed by atoms with E-state index in [2.05, 4.69) is 19.9 Å². The van der Waals surface area contributed by atoms with E-state index >= 15 is 0 Å². The van der Waals surface area contributed by atoms with Crippen LogP contribution in [0.4, 0.5) is 0 Å². The Kier molecular flexibility index (Phi) is 19.3. The van der Waals surface area contributed by atoms with Gasteiger partial charge in [0.15, 0.2) is 0 Å². The fourth-order valence-electron chi connectivity index (χ4n) is 1.96. The Morgan fingerprint density at radius 2 is 0.667 bits per heavy atom. The molecule has 0 atom stereocenters. The van der Waals surface area contributed by atoms with Crippen LogP contribution < -0.4 is 0 Å². The van der Waals surface area contributed by atoms with E-state index in [-0.39, 0.29) is 37.4 Å². The summed E-state index contributed by atoms with van der Waals surface area (Å²) in [6.07, 6.45) is 11.4. The van der Waals surface area contributed by atoms with Gasteiger partial charge in [0.2, 0.25) is 0 Å². The van der Waals surface area contributed by atoms with E-state index in [4.69, 9.17) is 39.8 Å². The monoisotopic (exact) mass is 665 g/mol. The van der Waals surface area contributed by atoms with Gasteiger partial charge in [-0.3, -0.25) is 19.9 Å². The van der Waals surface area contributed by atoms with Crippen LogP contribution in [0.1, 0.15) is 41.4 Å². The Morgan fingerprint density at radius 1 is 0.487 bits per heavy atom. The number of pyridine rings is 4. The zero-order chi connectivity index (χ0) is 29.5. The van der Waals surface area contributed by atoms with Crippen molar-refractivity contribution in [2.45, 2.75) is 0 Å². The van der Waals surface area contributed by atoms with Gasteiger partial charge in [-0.05, 0) is 48.5 Å². The summed E-state index contributed by atoms with van der Waals surface area (Å²) in [5, 5.41) is 33.4. The maximum absolute atomic E-state index is 10.2. The van der Waals surface area contributed by atoms with Gasteiger partial charge >= 0.3 is 58.4 Å². The van der Waals surface area contributed by atoms with Gasteiger partial charge in [-0.15, -0.1) is 0 Å². The van der Waals surface area contributed by atoms with E-state index in [1.807, 2.05) is 0 Å². The summed E-state index contributed by atoms with van der Waals surface area (Å²) in [6, 6.07) is 12.3. The number of hydrogen-bond acceptors (Lipinski definition) is 8. The normalized spacial score (nSPS) is 8.77. The van der Waals surface area contributed by atoms with Crippen LogP contribution in [0.2, 0.25) is 0 Å². The van der Waals surface area contributed by atoms with Crippen molar-refractivity contribution in [1.29, 1.82) is 0 Å². The quantitative estimate of drug-likeness (QED) is 0.223. The van der Waals surface area contributed by atoms with E-state index in [0.29, 0.717) is 0 Å². The van der Waals surface area contributed by atoms with Gasteiger partial charge in [0.1, 0.15) is 0 Å². The Balaban J connectivity index is 0.000000477. The van der Waals surface area contributed by atoms with Crippen LogP contribution in [0.5, 0.6) is 0 Å². The summed E-state index contributed by atoms with van der Waals surface area (Å²) in [4.78, 5) is 55.1. The van der Waals surface area contributed by atoms with Crippen molar-refractivity contribution in [2.75, 3.05) is 0 Å². The molecule has 0 unspecified atom stereocenters. The molecule has 0 aromatic carbocycles. The second kappa shape index (κ2) is 21.7. The summed E-state index contributed by atoms with van der Waals surface area (Å²) in [5.74, 6) is -3.77. The second-order valence-corrected chi connectivity index (χ2v) is 8.72. The molecule has 0 aliphatic rings. The van der Waals surface area contributed by atoms with Crippen molar-refractivity contribution >= 4 is 43.3 Å². The minimum absolute atomic E-state index is 0.220. The molecule has 0 aliphatic carbocycles. The van der Waals surface area contributed by atoms with Crippen molar-refractivity contribution < 1.29 is 54.7 Å². The van der Waals surface area contributed by atoms with Crippen LogP contribution in [0.25, 0.3) is 0 Å². The number of aromatic carboxylic acids is 4. The average molecular weight is 666 g/mol. The topological polar surface area (TPSA) is 201 Å². The molecule has 4 aromatic heterocycles. The van der Waals surface area contributed by atoms with Gasteiger partial charge < -0.3 is 20.4 Å². The summed E-state index contributed by atoms with van der Waals surface area (Å²) in [6.45, 7) is 0. The fraction of sp³-hybridized carbons (Fsp3) is 0. The van der Waals surface area contributed by atoms with Crippen molar-refractivity contribution in [1.82, 2.24) is 19.9 Å². The Morgan fingerprint density at radius 3 is 0.744 bits per heavy atom. The first-order chi connectivity index (χ1) is 18.6. The summed E-state index contributed by atoms with van der Waals surface area (Å²) < 4.78 is 0. The molecular weight excluding hydrogens is 646 g/mol. The van der Waals surface area contributed by atoms with Crippen molar-refractivity contribution in [3.8, 4) is 0 Å². The summed E-state index contributed by atoms with van der Waals surface area (Å²) >= 11 is -0.226. The molecule has 0 saturated heterocycles. The molecule has 0 aliphatic heterocycles. The predicted octanol–water partition coefficient (Wildman–Crippen LogP) is 4.50. The van der Waals surface area contributed by atoms with Gasteiger partial charge in [0, 0.05) is 49.6 Å². The van der Waals surface area contributed by atoms with Gasteiger partial charge in [-0.2, -0.15) is 0 Å². The maximum atomic E-state index is 10.2. The number of carboxylic acid groups (broad SMARTS) is 4. The SMILES string of the molecule is O=C(O)c1cccnc1.O=C(O)c1cccnc1.O=C(O)c1cccnc1.O=C(O)c1cccnc1.[Cl][Rh][Cl]. The number of hydrogen-bond donors (Lipinski definition) is 4. The van der Waals surface area contributed by atoms with Crippen LogP contribution in [-0.2, 0) is 15.1 Å². The molecule has 4 rings (SSSR count). The first-order valence-corrected chi connectivity index (χ1v) is 14.2. The fourth-order valence-corrected chi connectivity index (χ4v) is 1.96. The van der Waals surface area contributed by atoms with E-state index in [1.165, 1.54) is 73.8 Å². The first-order valence-electron chi connectivity index (χ1n) is 10.0. The van der Waals surface area contributed by atoms with Crippen molar-refractivity contribution in [3.63, 3.8) is 0 Å². The molecule has 15 heteroatoms. The van der Waals surface area contributed by atoms with Gasteiger partial charge in [-0.1, -0.05) is 0 Å². The number of nitrogens with zero attached hydrogens (tertiary/aromatic N) is 4. The number of aromatic nitrogens is 4. The predicted molar refractivity (Wildman–Crippen MR) is 136 cm³/mol. The molecule has 0 fully saturated rings. The Bertz CT molecular complexity index is 1060. The molecule has 12 nitrogen and oxygen atoms in total. The number of halogens is 2. The molecule has 0 saturated carbocycles. The summed E-state index contributed by atoms with van der Waals surface area (Å²) in [7, 11) is 9.67. The second-order valence-electron chi connectivity index (χ2n) is 6.24. The zero-order valence-electron chi connectivity index (χ0n) is 19.5. The molecule has 0 radical (unpaired) electrons. The van der Waals surface area contributed by atoms with Crippen LogP contribution in [0.3, 0.4) is 0 Å². The molecular formula is C24H20Cl2N4O8Rh. The summed E-state index contributed by atoms with van der Waals surface area (Å²) in [5.41, 5.74) is 0.880. The van der Waals surface area contributed by atoms with Gasteiger partial charge in [-0.25, -0.2) is 19.2 Å². The molecule has 0 spiro atoms. The molecule has 0 amide bonds. The average Bonchev–Trinajstić information content (AvgIpc) is 2.96. The first kappa shape index (κ1) is 34.7. The van der Waals surface area contributed by atoms with Crippen LogP contribution in [0.15, 0.2) is 98.1 Å². The Hall–Kier alpha value is -4.32. The van der Waals surface area contributed by atoms with Crippen molar-refractivity contribution in [2.24, 2.45) is 0 Å². The number of carboxylic acids is 4. The molecule has 39 heavy (non-hydrogen) atoms. The van der Waals surface area contributed by atoms with Crippen LogP contribution in [0, 0.1) is 0 Å². The van der Waals surface area contributed by atoms with E-state index < -0.39 is 23.9 Å². The third-order valence-electron chi connectivity index (χ3n) is 3.63. The Labute approximate surface area is 237 Å². The van der Waals surface area contributed by atoms with Crippen LogP contribution >= 0.6 is 19.4 Å². The van der Waals surface area contributed by atoms with Crippen molar-refractivity contribution in [3.05, 3.63) is 120 Å². The standard InChI is InChI=1S/4C6H5NO2.2ClH.Rh/c4*8-6(9)5-2-1-3-7-4-5;;;/h4*1-4H,(H,8,9);2*1H;/q;;;;;;+2/p-2. The number of rotatable bonds is 4. The van der Waals surface area contributed by atoms with Gasteiger partial charge in [0.25, 0.3) is 0 Å². The number of carbonyl (C=O) groups is 4. The minimum atomic E-state index is -0.942. The molecule has 4 N–H and O–H groups in total. The molecule has 0 bridgehead atoms. The third-order valence-corrected chi connectivity index (χ3v) is 3.63. The van der Waals surface area contributed by atoms with E-state index in [9.17, 15) is 19.2 Å². The van der Waals surface area contributed by atoms with E-state index in [0.717, 1.165) is 0 Å². The molecule has 4 aromatic rings. The zero-order valence-corrected chi connectivity index (χ0v) is 22.7. The molecule has 207 valence electrons. The van der Waals surface area contributed by atoms with Crippen LogP contribution in [-0.4, -0.2) is 64.2 Å².